The normalized spacial score (nSPS) is 11.6. The van der Waals surface area contributed by atoms with Gasteiger partial charge in [0.05, 0.1) is 54.0 Å². The van der Waals surface area contributed by atoms with Crippen LogP contribution in [0, 0.1) is 0 Å². The number of nitrogens with one attached hydrogen (secondary N) is 2. The van der Waals surface area contributed by atoms with Crippen molar-refractivity contribution < 1.29 is 27.6 Å². The Morgan fingerprint density at radius 3 is 1.89 bits per heavy atom. The highest BCUT2D eigenvalue weighted by Crippen LogP contribution is 2.43. The van der Waals surface area contributed by atoms with E-state index in [1.165, 1.54) is 17.8 Å². The third kappa shape index (κ3) is 9.74. The molecule has 0 unspecified atom stereocenters. The predicted molar refractivity (Wildman–Crippen MR) is 225 cm³/mol. The molecule has 0 fully saturated rings. The molecule has 0 spiro atoms. The molecule has 3 aromatic carbocycles. The zero-order valence-corrected chi connectivity index (χ0v) is 34.8. The first-order valence-electron chi connectivity index (χ1n) is 17.3. The molecule has 0 saturated carbocycles. The molecule has 0 aliphatic carbocycles. The van der Waals surface area contributed by atoms with Crippen LogP contribution >= 0.6 is 34.7 Å². The first-order valence-corrected chi connectivity index (χ1v) is 21.0. The van der Waals surface area contributed by atoms with Crippen molar-refractivity contribution in [2.45, 2.75) is 37.7 Å². The van der Waals surface area contributed by atoms with E-state index in [2.05, 4.69) is 71.2 Å². The standard InChI is InChI=1S/C35H42ClN11O6S3/c1-8-46(9-2)25-16-22(21(37-5)18-27(25)52-6)38-32-41-33(43-34(42-32)54-13-12-48)39-23-17-26(47(10-3)11-4)28(53-7)19-24(23)44-45-35-40-31-29(55-35)14-20(36)15-30(31)56(49,50)51/h14-19,48H,5,8-13H2,1-4,6-7H3,(H,49,50,51)(H2,38,39,41,42,43). The summed E-state index contributed by atoms with van der Waals surface area (Å²) in [6.45, 7) is 14.6. The van der Waals surface area contributed by atoms with Gasteiger partial charge in [-0.25, -0.2) is 4.98 Å². The highest BCUT2D eigenvalue weighted by Gasteiger charge is 2.21. The minimum atomic E-state index is -4.62. The fraction of sp³-hybridized carbons (Fsp3) is 0.343. The number of aliphatic imine (C=N–C) groups is 1. The van der Waals surface area contributed by atoms with Crippen molar-refractivity contribution in [2.24, 2.45) is 15.2 Å². The van der Waals surface area contributed by atoms with Gasteiger partial charge in [0.1, 0.15) is 27.6 Å². The number of methoxy groups -OCH3 is 2. The average molecular weight is 844 g/mol. The largest absolute Gasteiger partial charge is 0.495 e. The van der Waals surface area contributed by atoms with E-state index >= 15 is 0 Å². The summed E-state index contributed by atoms with van der Waals surface area (Å²) in [5.74, 6) is 1.82. The molecule has 5 rings (SSSR count). The molecule has 56 heavy (non-hydrogen) atoms. The van der Waals surface area contributed by atoms with Crippen LogP contribution in [-0.2, 0) is 10.1 Å². The Kier molecular flexibility index (Phi) is 14.2. The van der Waals surface area contributed by atoms with Crippen LogP contribution in [0.2, 0.25) is 5.02 Å². The van der Waals surface area contributed by atoms with Crippen LogP contribution in [0.1, 0.15) is 27.7 Å². The first-order chi connectivity index (χ1) is 26.9. The number of thioether (sulfide) groups is 1. The van der Waals surface area contributed by atoms with Crippen LogP contribution in [0.3, 0.4) is 0 Å². The summed E-state index contributed by atoms with van der Waals surface area (Å²) in [6.07, 6.45) is 0. The molecule has 2 aromatic heterocycles. The lowest BCUT2D eigenvalue weighted by molar-refractivity contribution is 0.322. The van der Waals surface area contributed by atoms with Gasteiger partial charge < -0.3 is 35.0 Å². The van der Waals surface area contributed by atoms with E-state index in [4.69, 9.17) is 26.1 Å². The number of aliphatic hydroxyl groups excluding tert-OH is 1. The van der Waals surface area contributed by atoms with E-state index in [-0.39, 0.29) is 34.2 Å². The summed E-state index contributed by atoms with van der Waals surface area (Å²) in [5, 5.41) is 25.5. The Morgan fingerprint density at radius 2 is 1.39 bits per heavy atom. The fourth-order valence-corrected chi connectivity index (χ4v) is 8.20. The van der Waals surface area contributed by atoms with Crippen molar-refractivity contribution in [3.05, 3.63) is 41.4 Å². The van der Waals surface area contributed by atoms with Crippen molar-refractivity contribution >= 4 is 113 Å². The monoisotopic (exact) mass is 843 g/mol. The van der Waals surface area contributed by atoms with Crippen LogP contribution in [0.5, 0.6) is 11.5 Å². The van der Waals surface area contributed by atoms with E-state index in [0.717, 1.165) is 41.9 Å². The molecule has 0 saturated heterocycles. The summed E-state index contributed by atoms with van der Waals surface area (Å²) in [6, 6.07) is 9.88. The number of rotatable bonds is 19. The number of azo groups is 1. The minimum Gasteiger partial charge on any atom is -0.495 e. The Hall–Kier alpha value is -4.86. The quantitative estimate of drug-likeness (QED) is 0.0266. The van der Waals surface area contributed by atoms with Crippen LogP contribution in [0.4, 0.5) is 51.2 Å². The van der Waals surface area contributed by atoms with E-state index in [1.807, 2.05) is 26.0 Å². The smallest absolute Gasteiger partial charge is 0.296 e. The van der Waals surface area contributed by atoms with Gasteiger partial charge in [0.2, 0.25) is 17.0 Å². The summed E-state index contributed by atoms with van der Waals surface area (Å²) in [5.41, 5.74) is 3.46. The molecule has 0 aliphatic rings. The lowest BCUT2D eigenvalue weighted by atomic mass is 10.2. The van der Waals surface area contributed by atoms with Gasteiger partial charge in [-0.3, -0.25) is 9.55 Å². The maximum atomic E-state index is 12.1. The van der Waals surface area contributed by atoms with Gasteiger partial charge in [-0.2, -0.15) is 23.4 Å². The second kappa shape index (κ2) is 18.9. The van der Waals surface area contributed by atoms with E-state index in [9.17, 15) is 18.1 Å². The number of fused-ring (bicyclic) bond motifs is 1. The highest BCUT2D eigenvalue weighted by molar-refractivity contribution is 7.99. The molecule has 2 heterocycles. The molecular formula is C35H42ClN11O6S3. The molecule has 0 amide bonds. The van der Waals surface area contributed by atoms with Crippen molar-refractivity contribution in [1.82, 2.24) is 19.9 Å². The molecule has 0 bridgehead atoms. The number of aliphatic hydroxyl groups is 1. The first kappa shape index (κ1) is 42.3. The van der Waals surface area contributed by atoms with Gasteiger partial charge >= 0.3 is 0 Å². The number of nitrogens with zero attached hydrogens (tertiary/aromatic N) is 9. The van der Waals surface area contributed by atoms with Gasteiger partial charge in [0, 0.05) is 49.1 Å². The molecule has 21 heteroatoms. The topological polar surface area (TPSA) is 212 Å². The molecule has 17 nitrogen and oxygen atoms in total. The lowest BCUT2D eigenvalue weighted by Gasteiger charge is -2.25. The molecule has 0 aliphatic heterocycles. The highest BCUT2D eigenvalue weighted by atomic mass is 35.5. The summed E-state index contributed by atoms with van der Waals surface area (Å²) < 4.78 is 45.8. The Labute approximate surface area is 338 Å². The zero-order valence-electron chi connectivity index (χ0n) is 31.6. The molecule has 298 valence electrons. The lowest BCUT2D eigenvalue weighted by Crippen LogP contribution is -2.22. The number of benzene rings is 3. The number of halogens is 1. The van der Waals surface area contributed by atoms with Crippen LogP contribution in [-0.4, -0.2) is 97.5 Å². The van der Waals surface area contributed by atoms with Gasteiger partial charge in [0.15, 0.2) is 5.16 Å². The van der Waals surface area contributed by atoms with E-state index in [0.29, 0.717) is 62.9 Å². The second-order valence-corrected chi connectivity index (χ2v) is 15.5. The maximum absolute atomic E-state index is 12.1. The predicted octanol–water partition coefficient (Wildman–Crippen LogP) is 8.41. The Morgan fingerprint density at radius 1 is 0.839 bits per heavy atom. The number of hydrogen-bond donors (Lipinski definition) is 4. The summed E-state index contributed by atoms with van der Waals surface area (Å²) in [4.78, 5) is 26.3. The van der Waals surface area contributed by atoms with Crippen molar-refractivity contribution in [3.8, 4) is 11.5 Å². The number of ether oxygens (including phenoxy) is 2. The van der Waals surface area contributed by atoms with E-state index in [1.54, 1.807) is 26.4 Å². The van der Waals surface area contributed by atoms with Crippen molar-refractivity contribution in [3.63, 3.8) is 0 Å². The van der Waals surface area contributed by atoms with Crippen LogP contribution in [0.15, 0.2) is 61.7 Å². The van der Waals surface area contributed by atoms with Crippen molar-refractivity contribution in [1.29, 1.82) is 0 Å². The maximum Gasteiger partial charge on any atom is 0.296 e. The number of thiazole rings is 1. The van der Waals surface area contributed by atoms with Gasteiger partial charge in [-0.05, 0) is 58.7 Å². The average Bonchev–Trinajstić information content (AvgIpc) is 3.59. The van der Waals surface area contributed by atoms with Crippen LogP contribution < -0.4 is 29.9 Å². The number of aromatic nitrogens is 4. The summed E-state index contributed by atoms with van der Waals surface area (Å²) >= 11 is 8.41. The van der Waals surface area contributed by atoms with Gasteiger partial charge in [-0.1, -0.05) is 34.7 Å². The molecule has 4 N–H and O–H groups in total. The van der Waals surface area contributed by atoms with Gasteiger partial charge in [0.25, 0.3) is 10.1 Å². The third-order valence-corrected chi connectivity index (χ3v) is 11.1. The van der Waals surface area contributed by atoms with Gasteiger partial charge in [-0.15, -0.1) is 10.2 Å². The fourth-order valence-electron chi connectivity index (χ4n) is 5.68. The molecule has 5 aromatic rings. The van der Waals surface area contributed by atoms with Crippen molar-refractivity contribution in [2.75, 3.05) is 73.2 Å². The number of anilines is 6. The SMILES string of the molecule is C=Nc1cc(OC)c(N(CC)CC)cc1Nc1nc(Nc2cc(N(CC)CC)c(OC)cc2N=Nc2nc3c(S(=O)(=O)O)cc(Cl)cc3s2)nc(SCCO)n1. The molecule has 0 atom stereocenters. The zero-order chi connectivity index (χ0) is 40.6. The second-order valence-electron chi connectivity index (χ2n) is 11.6. The van der Waals surface area contributed by atoms with E-state index < -0.39 is 15.0 Å². The Balaban J connectivity index is 1.62. The molecular weight excluding hydrogens is 802 g/mol. The Bertz CT molecular complexity index is 2340. The summed E-state index contributed by atoms with van der Waals surface area (Å²) in [7, 11) is -1.47. The minimum absolute atomic E-state index is 0.0117. The number of hydrogen-bond acceptors (Lipinski definition) is 18. The molecule has 0 radical (unpaired) electrons. The third-order valence-electron chi connectivity index (χ3n) is 8.34. The van der Waals surface area contributed by atoms with Crippen LogP contribution in [0.25, 0.3) is 10.2 Å².